The molecule has 190 valence electrons. The van der Waals surface area contributed by atoms with Gasteiger partial charge in [-0.2, -0.15) is 5.26 Å². The zero-order valence-electron chi connectivity index (χ0n) is 21.9. The lowest BCUT2D eigenvalue weighted by molar-refractivity contribution is 1.08. The zero-order chi connectivity index (χ0) is 27.3. The average Bonchev–Trinajstić information content (AvgIpc) is 3.38. The second-order valence-electron chi connectivity index (χ2n) is 9.97. The highest BCUT2D eigenvalue weighted by Crippen LogP contribution is 2.39. The molecule has 5 nitrogen and oxygen atoms in total. The van der Waals surface area contributed by atoms with Crippen molar-refractivity contribution in [3.63, 3.8) is 0 Å². The van der Waals surface area contributed by atoms with E-state index in [1.54, 1.807) is 0 Å². The summed E-state index contributed by atoms with van der Waals surface area (Å²) >= 11 is 0. The van der Waals surface area contributed by atoms with Crippen molar-refractivity contribution in [2.75, 3.05) is 0 Å². The summed E-state index contributed by atoms with van der Waals surface area (Å²) in [6, 6.07) is 43.0. The van der Waals surface area contributed by atoms with E-state index in [1.165, 1.54) is 0 Å². The third-order valence-electron chi connectivity index (χ3n) is 7.70. The molecular weight excluding hydrogens is 502 g/mol. The third-order valence-corrected chi connectivity index (χ3v) is 7.70. The number of nitriles is 1. The molecule has 0 N–H and O–H groups in total. The van der Waals surface area contributed by atoms with Crippen LogP contribution in [0.1, 0.15) is 5.56 Å². The summed E-state index contributed by atoms with van der Waals surface area (Å²) in [4.78, 5) is 14.9. The van der Waals surface area contributed by atoms with Crippen LogP contribution in [0.15, 0.2) is 128 Å². The lowest BCUT2D eigenvalue weighted by atomic mass is 9.90. The maximum atomic E-state index is 10.0. The molecule has 5 heteroatoms. The first kappa shape index (κ1) is 23.1. The van der Waals surface area contributed by atoms with Crippen molar-refractivity contribution in [1.82, 2.24) is 19.5 Å². The monoisotopic (exact) mass is 523 g/mol. The molecule has 0 saturated heterocycles. The number of hydrogen-bond acceptors (Lipinski definition) is 4. The highest BCUT2D eigenvalue weighted by molar-refractivity contribution is 6.15. The summed E-state index contributed by atoms with van der Waals surface area (Å²) in [5.41, 5.74) is 7.12. The van der Waals surface area contributed by atoms with E-state index < -0.39 is 0 Å². The fourth-order valence-electron chi connectivity index (χ4n) is 5.96. The molecular formula is C36H21N5. The molecule has 4 aromatic heterocycles. The quantitative estimate of drug-likeness (QED) is 0.218. The van der Waals surface area contributed by atoms with E-state index in [0.717, 1.165) is 71.9 Å². The van der Waals surface area contributed by atoms with Gasteiger partial charge in [0.15, 0.2) is 0 Å². The van der Waals surface area contributed by atoms with Crippen LogP contribution in [0.2, 0.25) is 0 Å². The number of aromatic nitrogens is 4. The summed E-state index contributed by atoms with van der Waals surface area (Å²) in [6.45, 7) is 0. The molecule has 0 spiro atoms. The second kappa shape index (κ2) is 9.11. The summed E-state index contributed by atoms with van der Waals surface area (Å²) < 4.78 is 2.16. The van der Waals surface area contributed by atoms with Crippen molar-refractivity contribution in [1.29, 1.82) is 5.26 Å². The maximum absolute atomic E-state index is 10.0. The molecule has 0 bridgehead atoms. The zero-order valence-corrected chi connectivity index (χ0v) is 21.9. The summed E-state index contributed by atoms with van der Waals surface area (Å²) in [7, 11) is 0. The molecule has 0 aliphatic carbocycles. The van der Waals surface area contributed by atoms with Gasteiger partial charge in [0.25, 0.3) is 0 Å². The predicted octanol–water partition coefficient (Wildman–Crippen LogP) is 8.48. The lowest BCUT2D eigenvalue weighted by Crippen LogP contribution is -1.99. The molecule has 4 aromatic carbocycles. The number of para-hydroxylation sites is 1. The van der Waals surface area contributed by atoms with Crippen molar-refractivity contribution >= 4 is 43.5 Å². The van der Waals surface area contributed by atoms with Gasteiger partial charge >= 0.3 is 0 Å². The van der Waals surface area contributed by atoms with Gasteiger partial charge in [0.05, 0.1) is 39.2 Å². The van der Waals surface area contributed by atoms with Crippen LogP contribution in [-0.4, -0.2) is 19.5 Å². The topological polar surface area (TPSA) is 67.4 Å². The Morgan fingerprint density at radius 2 is 1.10 bits per heavy atom. The number of fused-ring (bicyclic) bond motifs is 5. The Hall–Kier alpha value is -5.86. The molecule has 0 fully saturated rings. The van der Waals surface area contributed by atoms with Gasteiger partial charge in [-0.15, -0.1) is 0 Å². The van der Waals surface area contributed by atoms with Crippen LogP contribution >= 0.6 is 0 Å². The van der Waals surface area contributed by atoms with Crippen molar-refractivity contribution < 1.29 is 0 Å². The van der Waals surface area contributed by atoms with E-state index in [4.69, 9.17) is 9.97 Å². The van der Waals surface area contributed by atoms with E-state index >= 15 is 0 Å². The van der Waals surface area contributed by atoms with Gasteiger partial charge in [-0.1, -0.05) is 78.9 Å². The van der Waals surface area contributed by atoms with Gasteiger partial charge < -0.3 is 0 Å². The first-order chi connectivity index (χ1) is 20.3. The first-order valence-electron chi connectivity index (χ1n) is 13.4. The van der Waals surface area contributed by atoms with E-state index in [1.807, 2.05) is 97.2 Å². The molecule has 0 amide bonds. The molecule has 41 heavy (non-hydrogen) atoms. The molecule has 0 radical (unpaired) electrons. The fourth-order valence-corrected chi connectivity index (χ4v) is 5.96. The predicted molar refractivity (Wildman–Crippen MR) is 165 cm³/mol. The highest BCUT2D eigenvalue weighted by atomic mass is 15.1. The minimum Gasteiger partial charge on any atom is -0.292 e. The molecule has 0 aliphatic rings. The van der Waals surface area contributed by atoms with Crippen molar-refractivity contribution in [2.45, 2.75) is 0 Å². The third kappa shape index (κ3) is 3.52. The number of benzene rings is 4. The standard InChI is InChI=1S/C36H21N5/c37-22-28-23-10-1-3-12-25(23)35(26-13-4-2-11-24(26)28)31-17-7-15-29(39-31)30-16-8-20-34(40-30)41-32-18-6-5-14-27(32)36-33(41)19-9-21-38-36/h1-21H. The van der Waals surface area contributed by atoms with Gasteiger partial charge in [0, 0.05) is 27.9 Å². The Kier molecular flexibility index (Phi) is 5.13. The fraction of sp³-hybridized carbons (Fsp3) is 0. The maximum Gasteiger partial charge on any atom is 0.138 e. The van der Waals surface area contributed by atoms with Gasteiger partial charge in [-0.3, -0.25) is 9.55 Å². The largest absolute Gasteiger partial charge is 0.292 e. The smallest absolute Gasteiger partial charge is 0.138 e. The Bertz CT molecular complexity index is 2230. The molecule has 0 atom stereocenters. The summed E-state index contributed by atoms with van der Waals surface area (Å²) in [6.07, 6.45) is 1.83. The van der Waals surface area contributed by atoms with E-state index in [-0.39, 0.29) is 0 Å². The molecule has 8 rings (SSSR count). The van der Waals surface area contributed by atoms with Crippen LogP contribution in [0.3, 0.4) is 0 Å². The van der Waals surface area contributed by atoms with Gasteiger partial charge in [0.1, 0.15) is 11.9 Å². The van der Waals surface area contributed by atoms with Crippen molar-refractivity contribution in [3.8, 4) is 34.5 Å². The minimum absolute atomic E-state index is 0.686. The van der Waals surface area contributed by atoms with Crippen molar-refractivity contribution in [3.05, 3.63) is 133 Å². The average molecular weight is 524 g/mol. The molecule has 0 unspecified atom stereocenters. The van der Waals surface area contributed by atoms with E-state index in [2.05, 4.69) is 46.0 Å². The first-order valence-corrected chi connectivity index (χ1v) is 13.4. The summed E-state index contributed by atoms with van der Waals surface area (Å²) in [5.74, 6) is 0.808. The van der Waals surface area contributed by atoms with E-state index in [0.29, 0.717) is 5.56 Å². The van der Waals surface area contributed by atoms with Crippen LogP contribution in [0.4, 0.5) is 0 Å². The summed E-state index contributed by atoms with van der Waals surface area (Å²) in [5, 5.41) is 15.0. The van der Waals surface area contributed by atoms with Crippen LogP contribution < -0.4 is 0 Å². The second-order valence-corrected chi connectivity index (χ2v) is 9.97. The Labute approximate surface area is 235 Å². The Morgan fingerprint density at radius 3 is 1.83 bits per heavy atom. The van der Waals surface area contributed by atoms with E-state index in [9.17, 15) is 5.26 Å². The van der Waals surface area contributed by atoms with Gasteiger partial charge in [-0.05, 0) is 53.2 Å². The minimum atomic E-state index is 0.686. The Balaban J connectivity index is 1.34. The number of hydrogen-bond donors (Lipinski definition) is 0. The molecule has 0 saturated carbocycles. The highest BCUT2D eigenvalue weighted by Gasteiger charge is 2.17. The number of nitrogens with zero attached hydrogens (tertiary/aromatic N) is 5. The molecule has 4 heterocycles. The van der Waals surface area contributed by atoms with Crippen LogP contribution in [0.25, 0.3) is 71.9 Å². The normalized spacial score (nSPS) is 11.4. The number of pyridine rings is 3. The molecule has 0 aliphatic heterocycles. The number of rotatable bonds is 3. The van der Waals surface area contributed by atoms with Gasteiger partial charge in [-0.25, -0.2) is 9.97 Å². The van der Waals surface area contributed by atoms with Crippen molar-refractivity contribution in [2.24, 2.45) is 0 Å². The molecule has 8 aromatic rings. The Morgan fingerprint density at radius 1 is 0.512 bits per heavy atom. The van der Waals surface area contributed by atoms with Crippen LogP contribution in [0.5, 0.6) is 0 Å². The SMILES string of the molecule is N#Cc1c2ccccc2c(-c2cccc(-c3cccc(-n4c5ccccc5c5ncccc54)n3)n2)c2ccccc12. The van der Waals surface area contributed by atoms with Crippen LogP contribution in [0, 0.1) is 11.3 Å². The lowest BCUT2D eigenvalue weighted by Gasteiger charge is -2.14. The van der Waals surface area contributed by atoms with Crippen LogP contribution in [-0.2, 0) is 0 Å². The van der Waals surface area contributed by atoms with Gasteiger partial charge in [0.2, 0.25) is 0 Å².